The molecule has 0 amide bonds. The maximum atomic E-state index is 13.0. The molecule has 0 saturated heterocycles. The van der Waals surface area contributed by atoms with Crippen LogP contribution in [0.1, 0.15) is 43.0 Å². The minimum absolute atomic E-state index is 0.000440. The smallest absolute Gasteiger partial charge is 0.248 e. The third kappa shape index (κ3) is 1.73. The lowest BCUT2D eigenvalue weighted by molar-refractivity contribution is -0.0450. The number of rotatable bonds is 1. The average Bonchev–Trinajstić information content (AvgIpc) is 2.77. The van der Waals surface area contributed by atoms with Crippen molar-refractivity contribution < 1.29 is 8.78 Å². The van der Waals surface area contributed by atoms with Gasteiger partial charge in [0.25, 0.3) is 0 Å². The zero-order valence-corrected chi connectivity index (χ0v) is 9.05. The van der Waals surface area contributed by atoms with Crippen LogP contribution in [0.15, 0.2) is 6.20 Å². The van der Waals surface area contributed by atoms with Gasteiger partial charge >= 0.3 is 0 Å². The van der Waals surface area contributed by atoms with Crippen LogP contribution in [-0.4, -0.2) is 15.7 Å². The summed E-state index contributed by atoms with van der Waals surface area (Å²) >= 11 is 0. The van der Waals surface area contributed by atoms with Gasteiger partial charge in [-0.25, -0.2) is 8.78 Å². The van der Waals surface area contributed by atoms with E-state index in [0.29, 0.717) is 12.8 Å². The maximum Gasteiger partial charge on any atom is 0.248 e. The lowest BCUT2D eigenvalue weighted by atomic mass is 9.92. The molecule has 0 atom stereocenters. The van der Waals surface area contributed by atoms with Gasteiger partial charge in [0.2, 0.25) is 5.92 Å². The van der Waals surface area contributed by atoms with Gasteiger partial charge in [0, 0.05) is 37.7 Å². The molecule has 0 radical (unpaired) electrons. The van der Waals surface area contributed by atoms with Crippen molar-refractivity contribution in [2.75, 3.05) is 0 Å². The topological polar surface area (TPSA) is 29.9 Å². The minimum atomic E-state index is -2.45. The van der Waals surface area contributed by atoms with E-state index in [1.807, 2.05) is 10.9 Å². The fourth-order valence-corrected chi connectivity index (χ4v) is 2.56. The number of hydrogen-bond acceptors (Lipinski definition) is 2. The van der Waals surface area contributed by atoms with Crippen LogP contribution in [0.2, 0.25) is 0 Å². The molecule has 3 nitrogen and oxygen atoms in total. The van der Waals surface area contributed by atoms with E-state index in [9.17, 15) is 8.78 Å². The second kappa shape index (κ2) is 3.52. The van der Waals surface area contributed by atoms with Crippen molar-refractivity contribution in [3.63, 3.8) is 0 Å². The number of nitrogens with zero attached hydrogens (tertiary/aromatic N) is 2. The van der Waals surface area contributed by atoms with Gasteiger partial charge in [-0.2, -0.15) is 5.10 Å². The third-order valence-corrected chi connectivity index (χ3v) is 3.56. The molecule has 2 heterocycles. The summed E-state index contributed by atoms with van der Waals surface area (Å²) < 4.78 is 27.9. The lowest BCUT2D eigenvalue weighted by Gasteiger charge is -2.28. The molecule has 0 bridgehead atoms. The van der Waals surface area contributed by atoms with E-state index >= 15 is 0 Å². The fraction of sp³-hybridized carbons (Fsp3) is 0.727. The van der Waals surface area contributed by atoms with Gasteiger partial charge in [0.1, 0.15) is 0 Å². The normalized spacial score (nSPS) is 24.6. The van der Waals surface area contributed by atoms with Crippen molar-refractivity contribution in [1.29, 1.82) is 0 Å². The summed E-state index contributed by atoms with van der Waals surface area (Å²) in [5, 5.41) is 7.69. The van der Waals surface area contributed by atoms with Crippen LogP contribution < -0.4 is 5.32 Å². The van der Waals surface area contributed by atoms with E-state index in [2.05, 4.69) is 10.4 Å². The summed E-state index contributed by atoms with van der Waals surface area (Å²) in [7, 11) is 0. The van der Waals surface area contributed by atoms with Crippen molar-refractivity contribution in [3.05, 3.63) is 17.5 Å². The molecule has 1 aliphatic heterocycles. The highest BCUT2D eigenvalue weighted by Gasteiger charge is 2.36. The summed E-state index contributed by atoms with van der Waals surface area (Å²) in [4.78, 5) is 0. The van der Waals surface area contributed by atoms with Gasteiger partial charge in [-0.3, -0.25) is 4.68 Å². The Hall–Kier alpha value is -0.970. The number of aromatic nitrogens is 2. The number of alkyl halides is 2. The van der Waals surface area contributed by atoms with Crippen LogP contribution in [0.5, 0.6) is 0 Å². The highest BCUT2D eigenvalue weighted by Crippen LogP contribution is 2.38. The summed E-state index contributed by atoms with van der Waals surface area (Å²) in [5.41, 5.74) is 2.30. The largest absolute Gasteiger partial charge is 0.307 e. The first kappa shape index (κ1) is 10.2. The van der Waals surface area contributed by atoms with Crippen molar-refractivity contribution in [3.8, 4) is 0 Å². The van der Waals surface area contributed by atoms with E-state index in [1.54, 1.807) is 0 Å². The number of hydrogen-bond donors (Lipinski definition) is 1. The molecule has 1 N–H and O–H groups in total. The van der Waals surface area contributed by atoms with E-state index in [0.717, 1.165) is 18.8 Å². The predicted octanol–water partition coefficient (Wildman–Crippen LogP) is 2.24. The first-order valence-corrected chi connectivity index (χ1v) is 5.79. The van der Waals surface area contributed by atoms with Crippen LogP contribution in [0.4, 0.5) is 8.78 Å². The van der Waals surface area contributed by atoms with Crippen LogP contribution in [0.3, 0.4) is 0 Å². The summed E-state index contributed by atoms with van der Waals surface area (Å²) in [6, 6.07) is 0.172. The Balaban J connectivity index is 1.74. The van der Waals surface area contributed by atoms with Crippen LogP contribution in [-0.2, 0) is 13.1 Å². The molecule has 2 aliphatic rings. The Kier molecular flexibility index (Phi) is 2.24. The van der Waals surface area contributed by atoms with Crippen molar-refractivity contribution >= 4 is 0 Å². The standard InChI is InChI=1S/C11H15F2N3/c12-11(13)3-1-9(2-4-11)16-7-8-5-14-6-10(8)15-16/h7,9,14H,1-6H2. The monoisotopic (exact) mass is 227 g/mol. The van der Waals surface area contributed by atoms with E-state index < -0.39 is 5.92 Å². The Labute approximate surface area is 92.8 Å². The SMILES string of the molecule is FC1(F)CCC(n2cc3c(n2)CNC3)CC1. The van der Waals surface area contributed by atoms with E-state index in [-0.39, 0.29) is 18.9 Å². The molecule has 88 valence electrons. The molecular weight excluding hydrogens is 212 g/mol. The van der Waals surface area contributed by atoms with Crippen molar-refractivity contribution in [2.45, 2.75) is 50.7 Å². The van der Waals surface area contributed by atoms with Gasteiger partial charge in [-0.05, 0) is 12.8 Å². The number of fused-ring (bicyclic) bond motifs is 1. The molecule has 0 aromatic carbocycles. The summed E-state index contributed by atoms with van der Waals surface area (Å²) in [5.74, 6) is -2.45. The zero-order valence-electron chi connectivity index (χ0n) is 9.05. The molecule has 0 spiro atoms. The minimum Gasteiger partial charge on any atom is -0.307 e. The molecule has 1 aromatic rings. The van der Waals surface area contributed by atoms with E-state index in [4.69, 9.17) is 0 Å². The van der Waals surface area contributed by atoms with Gasteiger partial charge in [0.15, 0.2) is 0 Å². The molecule has 1 aromatic heterocycles. The molecule has 1 saturated carbocycles. The lowest BCUT2D eigenvalue weighted by Crippen LogP contribution is -2.26. The molecule has 1 aliphatic carbocycles. The van der Waals surface area contributed by atoms with Crippen LogP contribution in [0, 0.1) is 0 Å². The Morgan fingerprint density at radius 2 is 2.06 bits per heavy atom. The van der Waals surface area contributed by atoms with Gasteiger partial charge in [-0.15, -0.1) is 0 Å². The number of halogens is 2. The number of nitrogens with one attached hydrogen (secondary N) is 1. The molecule has 16 heavy (non-hydrogen) atoms. The predicted molar refractivity (Wildman–Crippen MR) is 55.2 cm³/mol. The second-order valence-corrected chi connectivity index (χ2v) is 4.77. The summed E-state index contributed by atoms with van der Waals surface area (Å²) in [6.45, 7) is 1.67. The third-order valence-electron chi connectivity index (χ3n) is 3.56. The first-order valence-electron chi connectivity index (χ1n) is 5.79. The molecular formula is C11H15F2N3. The van der Waals surface area contributed by atoms with Crippen molar-refractivity contribution in [2.24, 2.45) is 0 Å². The van der Waals surface area contributed by atoms with Gasteiger partial charge in [0.05, 0.1) is 11.7 Å². The first-order chi connectivity index (χ1) is 7.64. The Bertz CT molecular complexity index is 368. The Morgan fingerprint density at radius 3 is 2.75 bits per heavy atom. The quantitative estimate of drug-likeness (QED) is 0.797. The second-order valence-electron chi connectivity index (χ2n) is 4.77. The highest BCUT2D eigenvalue weighted by atomic mass is 19.3. The Morgan fingerprint density at radius 1 is 1.31 bits per heavy atom. The fourth-order valence-electron chi connectivity index (χ4n) is 2.56. The zero-order chi connectivity index (χ0) is 11.2. The highest BCUT2D eigenvalue weighted by molar-refractivity contribution is 5.21. The van der Waals surface area contributed by atoms with Crippen LogP contribution in [0.25, 0.3) is 0 Å². The molecule has 3 rings (SSSR count). The average molecular weight is 227 g/mol. The van der Waals surface area contributed by atoms with Gasteiger partial charge < -0.3 is 5.32 Å². The molecule has 0 unspecified atom stereocenters. The van der Waals surface area contributed by atoms with Crippen molar-refractivity contribution in [1.82, 2.24) is 15.1 Å². The van der Waals surface area contributed by atoms with E-state index in [1.165, 1.54) is 5.56 Å². The van der Waals surface area contributed by atoms with Gasteiger partial charge in [-0.1, -0.05) is 0 Å². The maximum absolute atomic E-state index is 13.0. The summed E-state index contributed by atoms with van der Waals surface area (Å²) in [6.07, 6.45) is 3.10. The molecule has 1 fully saturated rings. The molecule has 5 heteroatoms. The van der Waals surface area contributed by atoms with Crippen LogP contribution >= 0.6 is 0 Å².